The minimum Gasteiger partial charge on any atom is -0.328 e. The largest absolute Gasteiger partial charge is 0.328 e. The molecule has 2 unspecified atom stereocenters. The number of benzene rings is 1. The van der Waals surface area contributed by atoms with Gasteiger partial charge in [0, 0.05) is 23.6 Å². The van der Waals surface area contributed by atoms with Crippen LogP contribution in [-0.4, -0.2) is 44.7 Å². The van der Waals surface area contributed by atoms with Crippen LogP contribution in [0.1, 0.15) is 13.3 Å². The minimum absolute atomic E-state index is 0.167. The van der Waals surface area contributed by atoms with Crippen LogP contribution in [0.2, 0.25) is 0 Å². The second-order valence-electron chi connectivity index (χ2n) is 5.48. The average Bonchev–Trinajstić information content (AvgIpc) is 2.86. The maximum absolute atomic E-state index is 12.2. The third-order valence-electron chi connectivity index (χ3n) is 3.90. The standard InChI is InChI=1S/C14H21BrN2O2S/c1-11(16)12-6-7-17(10-12)8-9-20(18,19)14-4-2-13(15)3-5-14/h2-5,11-12H,6-10,16H2,1H3. The lowest BCUT2D eigenvalue weighted by atomic mass is 10.0. The van der Waals surface area contributed by atoms with Gasteiger partial charge in [-0.05, 0) is 50.1 Å². The maximum Gasteiger partial charge on any atom is 0.179 e. The second kappa shape index (κ2) is 6.56. The highest BCUT2D eigenvalue weighted by atomic mass is 79.9. The molecule has 2 N–H and O–H groups in total. The first-order valence-corrected chi connectivity index (χ1v) is 9.29. The van der Waals surface area contributed by atoms with Crippen molar-refractivity contribution in [3.63, 3.8) is 0 Å². The van der Waals surface area contributed by atoms with E-state index in [1.165, 1.54) is 0 Å². The van der Waals surface area contributed by atoms with Crippen LogP contribution >= 0.6 is 15.9 Å². The van der Waals surface area contributed by atoms with Gasteiger partial charge in [-0.15, -0.1) is 0 Å². The molecule has 0 radical (unpaired) electrons. The normalized spacial score (nSPS) is 22.1. The summed E-state index contributed by atoms with van der Waals surface area (Å²) in [5, 5.41) is 0. The highest BCUT2D eigenvalue weighted by Gasteiger charge is 2.26. The smallest absolute Gasteiger partial charge is 0.179 e. The molecule has 0 aromatic heterocycles. The summed E-state index contributed by atoms with van der Waals surface area (Å²) in [5.74, 6) is 0.658. The summed E-state index contributed by atoms with van der Waals surface area (Å²) in [6, 6.07) is 6.99. The van der Waals surface area contributed by atoms with Crippen LogP contribution in [0.15, 0.2) is 33.6 Å². The van der Waals surface area contributed by atoms with E-state index in [1.807, 2.05) is 6.92 Å². The lowest BCUT2D eigenvalue weighted by molar-refractivity contribution is 0.332. The Kier molecular flexibility index (Phi) is 5.23. The molecular weight excluding hydrogens is 340 g/mol. The van der Waals surface area contributed by atoms with E-state index in [0.29, 0.717) is 17.4 Å². The Bertz CT molecular complexity index is 543. The topological polar surface area (TPSA) is 63.4 Å². The fraction of sp³-hybridized carbons (Fsp3) is 0.571. The highest BCUT2D eigenvalue weighted by molar-refractivity contribution is 9.10. The Labute approximate surface area is 129 Å². The van der Waals surface area contributed by atoms with Gasteiger partial charge in [0.25, 0.3) is 0 Å². The number of hydrogen-bond acceptors (Lipinski definition) is 4. The van der Waals surface area contributed by atoms with Crippen molar-refractivity contribution in [2.24, 2.45) is 11.7 Å². The molecule has 112 valence electrons. The molecule has 2 rings (SSSR count). The van der Waals surface area contributed by atoms with Gasteiger partial charge in [-0.2, -0.15) is 0 Å². The van der Waals surface area contributed by atoms with E-state index in [0.717, 1.165) is 24.0 Å². The fourth-order valence-corrected chi connectivity index (χ4v) is 4.05. The van der Waals surface area contributed by atoms with Crippen molar-refractivity contribution < 1.29 is 8.42 Å². The third kappa shape index (κ3) is 4.04. The van der Waals surface area contributed by atoms with E-state index in [-0.39, 0.29) is 11.8 Å². The molecule has 4 nitrogen and oxygen atoms in total. The van der Waals surface area contributed by atoms with Gasteiger partial charge in [-0.25, -0.2) is 8.42 Å². The van der Waals surface area contributed by atoms with Crippen LogP contribution in [0.5, 0.6) is 0 Å². The van der Waals surface area contributed by atoms with Crippen molar-refractivity contribution in [3.8, 4) is 0 Å². The minimum atomic E-state index is -3.20. The zero-order valence-corrected chi connectivity index (χ0v) is 14.0. The van der Waals surface area contributed by atoms with E-state index in [2.05, 4.69) is 20.8 Å². The zero-order valence-electron chi connectivity index (χ0n) is 11.6. The second-order valence-corrected chi connectivity index (χ2v) is 8.51. The van der Waals surface area contributed by atoms with Crippen molar-refractivity contribution >= 4 is 25.8 Å². The molecule has 0 aliphatic carbocycles. The molecule has 6 heteroatoms. The Morgan fingerprint density at radius 1 is 1.40 bits per heavy atom. The Balaban J connectivity index is 1.92. The van der Waals surface area contributed by atoms with Gasteiger partial charge in [0.05, 0.1) is 10.6 Å². The van der Waals surface area contributed by atoms with Crippen molar-refractivity contribution in [2.45, 2.75) is 24.3 Å². The lowest BCUT2D eigenvalue weighted by Crippen LogP contribution is -2.32. The fourth-order valence-electron chi connectivity index (χ4n) is 2.50. The Morgan fingerprint density at radius 2 is 2.05 bits per heavy atom. The number of rotatable bonds is 5. The number of nitrogens with zero attached hydrogens (tertiary/aromatic N) is 1. The Hall–Kier alpha value is -0.430. The van der Waals surface area contributed by atoms with Crippen molar-refractivity contribution in [3.05, 3.63) is 28.7 Å². The summed E-state index contributed by atoms with van der Waals surface area (Å²) < 4.78 is 25.4. The van der Waals surface area contributed by atoms with Gasteiger partial charge in [0.2, 0.25) is 0 Å². The number of halogens is 1. The molecule has 1 aliphatic heterocycles. The average molecular weight is 361 g/mol. The van der Waals surface area contributed by atoms with Crippen LogP contribution in [0.3, 0.4) is 0 Å². The first-order chi connectivity index (χ1) is 9.38. The molecule has 0 spiro atoms. The molecular formula is C14H21BrN2O2S. The van der Waals surface area contributed by atoms with Crippen molar-refractivity contribution in [1.29, 1.82) is 0 Å². The van der Waals surface area contributed by atoms with Crippen molar-refractivity contribution in [2.75, 3.05) is 25.4 Å². The van der Waals surface area contributed by atoms with Crippen LogP contribution in [0.4, 0.5) is 0 Å². The molecule has 1 saturated heterocycles. The van der Waals surface area contributed by atoms with E-state index in [9.17, 15) is 8.42 Å². The van der Waals surface area contributed by atoms with Gasteiger partial charge >= 0.3 is 0 Å². The summed E-state index contributed by atoms with van der Waals surface area (Å²) in [6.07, 6.45) is 1.07. The van der Waals surface area contributed by atoms with E-state index >= 15 is 0 Å². The van der Waals surface area contributed by atoms with Crippen LogP contribution < -0.4 is 5.73 Å². The monoisotopic (exact) mass is 360 g/mol. The van der Waals surface area contributed by atoms with Gasteiger partial charge in [-0.3, -0.25) is 0 Å². The maximum atomic E-state index is 12.2. The quantitative estimate of drug-likeness (QED) is 0.870. The van der Waals surface area contributed by atoms with E-state index in [1.54, 1.807) is 24.3 Å². The molecule has 0 saturated carbocycles. The summed E-state index contributed by atoms with van der Waals surface area (Å²) in [5.41, 5.74) is 5.90. The van der Waals surface area contributed by atoms with E-state index in [4.69, 9.17) is 5.73 Å². The third-order valence-corrected chi connectivity index (χ3v) is 6.14. The summed E-state index contributed by atoms with van der Waals surface area (Å²) in [7, 11) is -3.20. The number of hydrogen-bond donors (Lipinski definition) is 1. The van der Waals surface area contributed by atoms with Gasteiger partial charge < -0.3 is 10.6 Å². The summed E-state index contributed by atoms with van der Waals surface area (Å²) in [4.78, 5) is 2.59. The predicted octanol–water partition coefficient (Wildman–Crippen LogP) is 1.89. The predicted molar refractivity (Wildman–Crippen MR) is 84.4 cm³/mol. The molecule has 0 amide bonds. The SMILES string of the molecule is CC(N)C1CCN(CCS(=O)(=O)c2ccc(Br)cc2)C1. The first-order valence-electron chi connectivity index (χ1n) is 6.85. The van der Waals surface area contributed by atoms with Crippen LogP contribution in [0.25, 0.3) is 0 Å². The number of nitrogens with two attached hydrogens (primary N) is 1. The summed E-state index contributed by atoms with van der Waals surface area (Å²) in [6.45, 7) is 4.46. The first kappa shape index (κ1) is 15.9. The van der Waals surface area contributed by atoms with Gasteiger partial charge in [0.1, 0.15) is 0 Å². The number of likely N-dealkylation sites (tertiary alicyclic amines) is 1. The molecule has 0 bridgehead atoms. The van der Waals surface area contributed by atoms with Gasteiger partial charge in [0.15, 0.2) is 9.84 Å². The highest BCUT2D eigenvalue weighted by Crippen LogP contribution is 2.20. The lowest BCUT2D eigenvalue weighted by Gasteiger charge is -2.17. The van der Waals surface area contributed by atoms with Crippen LogP contribution in [0, 0.1) is 5.92 Å². The number of sulfone groups is 1. The van der Waals surface area contributed by atoms with Gasteiger partial charge in [-0.1, -0.05) is 15.9 Å². The molecule has 20 heavy (non-hydrogen) atoms. The van der Waals surface area contributed by atoms with E-state index < -0.39 is 9.84 Å². The Morgan fingerprint density at radius 3 is 2.60 bits per heavy atom. The molecule has 1 fully saturated rings. The van der Waals surface area contributed by atoms with Crippen LogP contribution in [-0.2, 0) is 9.84 Å². The molecule has 1 heterocycles. The molecule has 2 atom stereocenters. The summed E-state index contributed by atoms with van der Waals surface area (Å²) >= 11 is 3.31. The zero-order chi connectivity index (χ0) is 14.8. The molecule has 1 aromatic carbocycles. The molecule has 1 aliphatic rings. The van der Waals surface area contributed by atoms with Crippen molar-refractivity contribution in [1.82, 2.24) is 4.90 Å². The molecule has 1 aromatic rings.